The van der Waals surface area contributed by atoms with Gasteiger partial charge in [-0.15, -0.1) is 0 Å². The van der Waals surface area contributed by atoms with Crippen molar-refractivity contribution < 1.29 is 9.53 Å². The highest BCUT2D eigenvalue weighted by atomic mass is 16.5. The van der Waals surface area contributed by atoms with Crippen molar-refractivity contribution in [3.63, 3.8) is 0 Å². The summed E-state index contributed by atoms with van der Waals surface area (Å²) in [5.74, 6) is 1.24. The molecule has 3 rings (SSSR count). The maximum Gasteiger partial charge on any atom is 0.323 e. The van der Waals surface area contributed by atoms with E-state index in [4.69, 9.17) is 4.74 Å². The minimum atomic E-state index is -0.0811. The Morgan fingerprint density at radius 3 is 3.00 bits per heavy atom. The standard InChI is InChI=1S/C16H24N4O2/c1-19-8-9-22-14(11-19)12-20(10-13-5-6-13)16(21)18-15-4-2-3-7-17-15/h2-4,7,13-14H,5-6,8-12H2,1H3,(H,17,18,21)/t14-/m0/s1. The Labute approximate surface area is 131 Å². The third kappa shape index (κ3) is 4.42. The normalized spacial score (nSPS) is 22.3. The molecule has 2 aliphatic rings. The van der Waals surface area contributed by atoms with Crippen molar-refractivity contribution in [3.05, 3.63) is 24.4 Å². The van der Waals surface area contributed by atoms with Crippen LogP contribution in [0, 0.1) is 5.92 Å². The van der Waals surface area contributed by atoms with Crippen LogP contribution in [0.4, 0.5) is 10.6 Å². The lowest BCUT2D eigenvalue weighted by Crippen LogP contribution is -2.49. The highest BCUT2D eigenvalue weighted by Gasteiger charge is 2.29. The summed E-state index contributed by atoms with van der Waals surface area (Å²) in [6.07, 6.45) is 4.21. The molecule has 0 aromatic carbocycles. The largest absolute Gasteiger partial charge is 0.374 e. The highest BCUT2D eigenvalue weighted by molar-refractivity contribution is 5.88. The minimum Gasteiger partial charge on any atom is -0.374 e. The molecule has 1 aliphatic carbocycles. The van der Waals surface area contributed by atoms with Crippen LogP contribution in [0.1, 0.15) is 12.8 Å². The number of nitrogens with zero attached hydrogens (tertiary/aromatic N) is 3. The molecule has 0 spiro atoms. The van der Waals surface area contributed by atoms with Gasteiger partial charge in [0.1, 0.15) is 5.82 Å². The number of amides is 2. The summed E-state index contributed by atoms with van der Waals surface area (Å²) in [6, 6.07) is 5.43. The molecule has 0 unspecified atom stereocenters. The summed E-state index contributed by atoms with van der Waals surface area (Å²) in [5, 5.41) is 2.88. The van der Waals surface area contributed by atoms with E-state index in [1.807, 2.05) is 17.0 Å². The van der Waals surface area contributed by atoms with Crippen molar-refractivity contribution in [3.8, 4) is 0 Å². The van der Waals surface area contributed by atoms with Gasteiger partial charge in [-0.25, -0.2) is 9.78 Å². The smallest absolute Gasteiger partial charge is 0.323 e. The monoisotopic (exact) mass is 304 g/mol. The van der Waals surface area contributed by atoms with Crippen LogP contribution in [0.15, 0.2) is 24.4 Å². The second kappa shape index (κ2) is 7.07. The minimum absolute atomic E-state index is 0.0811. The Hall–Kier alpha value is -1.66. The van der Waals surface area contributed by atoms with E-state index in [0.29, 0.717) is 18.3 Å². The van der Waals surface area contributed by atoms with Gasteiger partial charge < -0.3 is 14.5 Å². The molecule has 2 amide bonds. The van der Waals surface area contributed by atoms with Crippen LogP contribution in [0.5, 0.6) is 0 Å². The summed E-state index contributed by atoms with van der Waals surface area (Å²) >= 11 is 0. The summed E-state index contributed by atoms with van der Waals surface area (Å²) in [4.78, 5) is 20.8. The lowest BCUT2D eigenvalue weighted by molar-refractivity contribution is -0.0302. The molecule has 1 saturated carbocycles. The van der Waals surface area contributed by atoms with Crippen molar-refractivity contribution in [2.24, 2.45) is 5.92 Å². The molecule has 1 saturated heterocycles. The van der Waals surface area contributed by atoms with Crippen molar-refractivity contribution >= 4 is 11.8 Å². The average Bonchev–Trinajstić information content (AvgIpc) is 3.32. The SMILES string of the molecule is CN1CCO[C@H](CN(CC2CC2)C(=O)Nc2ccccn2)C1. The van der Waals surface area contributed by atoms with Gasteiger partial charge in [0, 0.05) is 32.4 Å². The molecule has 1 N–H and O–H groups in total. The number of hydrogen-bond acceptors (Lipinski definition) is 4. The predicted octanol–water partition coefficient (Wildman–Crippen LogP) is 1.66. The summed E-state index contributed by atoms with van der Waals surface area (Å²) in [5.41, 5.74) is 0. The van der Waals surface area contributed by atoms with E-state index in [0.717, 1.165) is 26.2 Å². The molecule has 1 atom stereocenters. The molecule has 1 aliphatic heterocycles. The fraction of sp³-hybridized carbons (Fsp3) is 0.625. The number of anilines is 1. The average molecular weight is 304 g/mol. The van der Waals surface area contributed by atoms with Crippen molar-refractivity contribution in [2.45, 2.75) is 18.9 Å². The van der Waals surface area contributed by atoms with E-state index < -0.39 is 0 Å². The molecule has 6 nitrogen and oxygen atoms in total. The number of morpholine rings is 1. The van der Waals surface area contributed by atoms with Gasteiger partial charge in [-0.1, -0.05) is 6.07 Å². The van der Waals surface area contributed by atoms with Crippen molar-refractivity contribution in [2.75, 3.05) is 45.2 Å². The molecule has 6 heteroatoms. The number of ether oxygens (including phenoxy) is 1. The molecule has 120 valence electrons. The van der Waals surface area contributed by atoms with Crippen LogP contribution in [0.25, 0.3) is 0 Å². The first-order chi connectivity index (χ1) is 10.7. The van der Waals surface area contributed by atoms with Gasteiger partial charge in [0.15, 0.2) is 0 Å². The first-order valence-corrected chi connectivity index (χ1v) is 7.98. The van der Waals surface area contributed by atoms with Crippen LogP contribution in [0.3, 0.4) is 0 Å². The Kier molecular flexibility index (Phi) is 4.90. The maximum absolute atomic E-state index is 12.5. The molecule has 22 heavy (non-hydrogen) atoms. The number of likely N-dealkylation sites (N-methyl/N-ethyl adjacent to an activating group) is 1. The zero-order valence-corrected chi connectivity index (χ0v) is 13.1. The van der Waals surface area contributed by atoms with Gasteiger partial charge in [0.2, 0.25) is 0 Å². The molecule has 0 radical (unpaired) electrons. The molecule has 0 bridgehead atoms. The van der Waals surface area contributed by atoms with Crippen LogP contribution in [0.2, 0.25) is 0 Å². The van der Waals surface area contributed by atoms with E-state index in [-0.39, 0.29) is 12.1 Å². The molecular formula is C16H24N4O2. The molecule has 2 heterocycles. The van der Waals surface area contributed by atoms with E-state index >= 15 is 0 Å². The zero-order chi connectivity index (χ0) is 15.4. The van der Waals surface area contributed by atoms with Crippen LogP contribution in [-0.4, -0.2) is 66.8 Å². The van der Waals surface area contributed by atoms with Gasteiger partial charge >= 0.3 is 6.03 Å². The number of carbonyl (C=O) groups excluding carboxylic acids is 1. The van der Waals surface area contributed by atoms with E-state index in [9.17, 15) is 4.79 Å². The second-order valence-corrected chi connectivity index (χ2v) is 6.25. The quantitative estimate of drug-likeness (QED) is 0.899. The first-order valence-electron chi connectivity index (χ1n) is 7.98. The van der Waals surface area contributed by atoms with Crippen LogP contribution in [-0.2, 0) is 4.74 Å². The Balaban J connectivity index is 1.59. The van der Waals surface area contributed by atoms with Crippen LogP contribution < -0.4 is 5.32 Å². The fourth-order valence-corrected chi connectivity index (χ4v) is 2.70. The van der Waals surface area contributed by atoms with Gasteiger partial charge in [0.05, 0.1) is 12.7 Å². The topological polar surface area (TPSA) is 57.7 Å². The second-order valence-electron chi connectivity index (χ2n) is 6.25. The molecule has 1 aromatic heterocycles. The predicted molar refractivity (Wildman–Crippen MR) is 84.8 cm³/mol. The van der Waals surface area contributed by atoms with Crippen molar-refractivity contribution in [1.29, 1.82) is 0 Å². The number of hydrogen-bond donors (Lipinski definition) is 1. The maximum atomic E-state index is 12.5. The molecular weight excluding hydrogens is 280 g/mol. The summed E-state index contributed by atoms with van der Waals surface area (Å²) < 4.78 is 5.80. The summed E-state index contributed by atoms with van der Waals surface area (Å²) in [6.45, 7) is 4.01. The first kappa shape index (κ1) is 15.2. The molecule has 2 fully saturated rings. The zero-order valence-electron chi connectivity index (χ0n) is 13.1. The molecule has 1 aromatic rings. The lowest BCUT2D eigenvalue weighted by atomic mass is 10.2. The number of carbonyl (C=O) groups is 1. The van der Waals surface area contributed by atoms with Crippen molar-refractivity contribution in [1.82, 2.24) is 14.8 Å². The Morgan fingerprint density at radius 2 is 2.32 bits per heavy atom. The van der Waals surface area contributed by atoms with Gasteiger partial charge in [0.25, 0.3) is 0 Å². The van der Waals surface area contributed by atoms with Gasteiger partial charge in [-0.3, -0.25) is 5.32 Å². The number of rotatable bonds is 5. The van der Waals surface area contributed by atoms with E-state index in [2.05, 4.69) is 22.2 Å². The number of aromatic nitrogens is 1. The summed E-state index contributed by atoms with van der Waals surface area (Å²) in [7, 11) is 2.09. The number of pyridine rings is 1. The van der Waals surface area contributed by atoms with Gasteiger partial charge in [-0.05, 0) is 37.9 Å². The Morgan fingerprint density at radius 1 is 1.45 bits per heavy atom. The van der Waals surface area contributed by atoms with E-state index in [1.54, 1.807) is 12.3 Å². The van der Waals surface area contributed by atoms with Crippen LogP contribution >= 0.6 is 0 Å². The Bertz CT molecular complexity index is 492. The van der Waals surface area contributed by atoms with E-state index in [1.165, 1.54) is 12.8 Å². The third-order valence-electron chi connectivity index (χ3n) is 4.13. The fourth-order valence-electron chi connectivity index (χ4n) is 2.70. The number of urea groups is 1. The third-order valence-corrected chi connectivity index (χ3v) is 4.13. The highest BCUT2D eigenvalue weighted by Crippen LogP contribution is 2.30. The number of nitrogens with one attached hydrogen (secondary N) is 1. The lowest BCUT2D eigenvalue weighted by Gasteiger charge is -2.34. The van der Waals surface area contributed by atoms with Gasteiger partial charge in [-0.2, -0.15) is 0 Å².